The molecule has 1 saturated heterocycles. The molecule has 1 fully saturated rings. The highest BCUT2D eigenvalue weighted by Crippen LogP contribution is 2.28. The van der Waals surface area contributed by atoms with Crippen molar-refractivity contribution in [2.24, 2.45) is 5.92 Å². The van der Waals surface area contributed by atoms with E-state index in [2.05, 4.69) is 34.6 Å². The van der Waals surface area contributed by atoms with Gasteiger partial charge in [-0.2, -0.15) is 5.10 Å². The monoisotopic (exact) mass is 460 g/mol. The van der Waals surface area contributed by atoms with E-state index < -0.39 is 0 Å². The number of hydrogen-bond acceptors (Lipinski definition) is 6. The predicted octanol–water partition coefficient (Wildman–Crippen LogP) is 4.42. The number of carbonyl (C=O) groups is 1. The molecule has 170 valence electrons. The van der Waals surface area contributed by atoms with Crippen LogP contribution in [0.5, 0.6) is 0 Å². The molecule has 8 heteroatoms. The Balaban J connectivity index is 1.38. The molecule has 0 bridgehead atoms. The van der Waals surface area contributed by atoms with Crippen molar-refractivity contribution in [1.82, 2.24) is 30.2 Å². The second-order valence-electron chi connectivity index (χ2n) is 9.14. The van der Waals surface area contributed by atoms with Crippen molar-refractivity contribution in [3.8, 4) is 21.8 Å². The summed E-state index contributed by atoms with van der Waals surface area (Å²) in [6, 6.07) is 9.60. The number of hydrogen-bond donors (Lipinski definition) is 2. The van der Waals surface area contributed by atoms with Crippen LogP contribution in [0.3, 0.4) is 0 Å². The number of amides is 1. The lowest BCUT2D eigenvalue weighted by Crippen LogP contribution is -2.50. The minimum Gasteiger partial charge on any atom is -0.350 e. The van der Waals surface area contributed by atoms with Crippen molar-refractivity contribution in [2.45, 2.75) is 38.6 Å². The van der Waals surface area contributed by atoms with E-state index in [9.17, 15) is 4.79 Å². The molecule has 0 radical (unpaired) electrons. The summed E-state index contributed by atoms with van der Waals surface area (Å²) in [5.41, 5.74) is 3.68. The zero-order valence-corrected chi connectivity index (χ0v) is 19.7. The van der Waals surface area contributed by atoms with Gasteiger partial charge < -0.3 is 10.6 Å². The van der Waals surface area contributed by atoms with E-state index in [1.165, 1.54) is 0 Å². The fraction of sp³-hybridized carbons (Fsp3) is 0.360. The van der Waals surface area contributed by atoms with E-state index in [0.717, 1.165) is 47.6 Å². The molecular formula is C25H28N6OS. The van der Waals surface area contributed by atoms with Gasteiger partial charge in [-0.25, -0.2) is 9.50 Å². The van der Waals surface area contributed by atoms with Crippen LogP contribution in [0, 0.1) is 5.92 Å². The van der Waals surface area contributed by atoms with Gasteiger partial charge in [0.25, 0.3) is 5.91 Å². The van der Waals surface area contributed by atoms with E-state index >= 15 is 0 Å². The van der Waals surface area contributed by atoms with E-state index in [0.29, 0.717) is 23.7 Å². The minimum atomic E-state index is -0.0841. The Morgan fingerprint density at radius 1 is 1.30 bits per heavy atom. The van der Waals surface area contributed by atoms with Crippen molar-refractivity contribution in [2.75, 3.05) is 13.1 Å². The first kappa shape index (κ1) is 21.7. The normalized spacial score (nSPS) is 18.3. The van der Waals surface area contributed by atoms with E-state index in [-0.39, 0.29) is 11.4 Å². The standard InChI is InChI=1S/C25H28N6OS/c1-17(2)14-25(8-4-9-28-25)16-27-24(32)18-6-10-26-21(13-18)19-15-29-31-11-7-20(30-23(19)31)22-5-3-12-33-22/h3,5-7,10-13,15,17,28H,4,8-9,14,16H2,1-2H3,(H,27,32)/t25-/m1/s1. The lowest BCUT2D eigenvalue weighted by Gasteiger charge is -2.31. The van der Waals surface area contributed by atoms with E-state index in [1.54, 1.807) is 34.3 Å². The second-order valence-corrected chi connectivity index (χ2v) is 10.1. The Morgan fingerprint density at radius 3 is 2.97 bits per heavy atom. The maximum absolute atomic E-state index is 13.0. The van der Waals surface area contributed by atoms with Gasteiger partial charge in [0.15, 0.2) is 5.65 Å². The molecule has 7 nitrogen and oxygen atoms in total. The molecule has 1 aliphatic heterocycles. The van der Waals surface area contributed by atoms with Gasteiger partial charge in [0.2, 0.25) is 0 Å². The average Bonchev–Trinajstić information content (AvgIpc) is 3.58. The molecule has 1 atom stereocenters. The fourth-order valence-corrected chi connectivity index (χ4v) is 5.42. The lowest BCUT2D eigenvalue weighted by molar-refractivity contribution is 0.0937. The van der Waals surface area contributed by atoms with Crippen molar-refractivity contribution in [3.63, 3.8) is 0 Å². The SMILES string of the molecule is CC(C)C[C@@]1(CNC(=O)c2ccnc(-c3cnn4ccc(-c5cccs5)nc34)c2)CCCN1. The summed E-state index contributed by atoms with van der Waals surface area (Å²) >= 11 is 1.65. The van der Waals surface area contributed by atoms with Crippen LogP contribution in [0.4, 0.5) is 0 Å². The molecule has 0 spiro atoms. The third-order valence-electron chi connectivity index (χ3n) is 6.16. The highest BCUT2D eigenvalue weighted by atomic mass is 32.1. The maximum Gasteiger partial charge on any atom is 0.251 e. The highest BCUT2D eigenvalue weighted by Gasteiger charge is 2.34. The third kappa shape index (κ3) is 4.54. The Hall–Kier alpha value is -3.10. The molecule has 0 aliphatic carbocycles. The second kappa shape index (κ2) is 9.03. The lowest BCUT2D eigenvalue weighted by atomic mass is 9.87. The summed E-state index contributed by atoms with van der Waals surface area (Å²) in [4.78, 5) is 23.5. The van der Waals surface area contributed by atoms with Gasteiger partial charge in [-0.3, -0.25) is 9.78 Å². The van der Waals surface area contributed by atoms with Gasteiger partial charge in [0, 0.05) is 30.0 Å². The molecule has 1 amide bonds. The zero-order chi connectivity index (χ0) is 22.8. The van der Waals surface area contributed by atoms with Crippen LogP contribution in [0.2, 0.25) is 0 Å². The highest BCUT2D eigenvalue weighted by molar-refractivity contribution is 7.13. The minimum absolute atomic E-state index is 0.00968. The van der Waals surface area contributed by atoms with E-state index in [1.807, 2.05) is 35.8 Å². The van der Waals surface area contributed by atoms with Gasteiger partial charge in [-0.05, 0) is 61.4 Å². The van der Waals surface area contributed by atoms with Gasteiger partial charge in [-0.15, -0.1) is 11.3 Å². The number of carbonyl (C=O) groups excluding carboxylic acids is 1. The van der Waals surface area contributed by atoms with Gasteiger partial charge in [0.05, 0.1) is 28.0 Å². The summed E-state index contributed by atoms with van der Waals surface area (Å²) in [7, 11) is 0. The number of fused-ring (bicyclic) bond motifs is 1. The van der Waals surface area contributed by atoms with Crippen LogP contribution < -0.4 is 10.6 Å². The zero-order valence-electron chi connectivity index (χ0n) is 18.9. The predicted molar refractivity (Wildman–Crippen MR) is 131 cm³/mol. The first-order chi connectivity index (χ1) is 16.0. The van der Waals surface area contributed by atoms with Crippen LogP contribution in [0.15, 0.2) is 54.3 Å². The topological polar surface area (TPSA) is 84.2 Å². The molecule has 33 heavy (non-hydrogen) atoms. The summed E-state index contributed by atoms with van der Waals surface area (Å²) in [6.45, 7) is 6.10. The number of aromatic nitrogens is 4. The van der Waals surface area contributed by atoms with E-state index in [4.69, 9.17) is 4.98 Å². The maximum atomic E-state index is 13.0. The number of thiophene rings is 1. The van der Waals surface area contributed by atoms with Crippen molar-refractivity contribution in [3.05, 3.63) is 59.9 Å². The number of nitrogens with one attached hydrogen (secondary N) is 2. The van der Waals surface area contributed by atoms with Crippen molar-refractivity contribution < 1.29 is 4.79 Å². The molecule has 4 aromatic heterocycles. The summed E-state index contributed by atoms with van der Waals surface area (Å²) in [6.07, 6.45) is 8.62. The molecule has 5 rings (SSSR count). The van der Waals surface area contributed by atoms with Crippen LogP contribution in [-0.2, 0) is 0 Å². The Bertz CT molecular complexity index is 1260. The van der Waals surface area contributed by atoms with Crippen LogP contribution in [0.1, 0.15) is 43.5 Å². The van der Waals surface area contributed by atoms with Crippen LogP contribution in [-0.4, -0.2) is 44.1 Å². The molecule has 0 aromatic carbocycles. The molecule has 2 N–H and O–H groups in total. The Morgan fingerprint density at radius 2 is 2.21 bits per heavy atom. The van der Waals surface area contributed by atoms with Crippen LogP contribution in [0.25, 0.3) is 27.5 Å². The van der Waals surface area contributed by atoms with Gasteiger partial charge in [-0.1, -0.05) is 19.9 Å². The molecule has 1 aliphatic rings. The van der Waals surface area contributed by atoms with Crippen molar-refractivity contribution >= 4 is 22.9 Å². The van der Waals surface area contributed by atoms with Crippen LogP contribution >= 0.6 is 11.3 Å². The quantitative estimate of drug-likeness (QED) is 0.427. The third-order valence-corrected chi connectivity index (χ3v) is 7.05. The Kier molecular flexibility index (Phi) is 5.95. The molecular weight excluding hydrogens is 432 g/mol. The molecule has 0 saturated carbocycles. The molecule has 0 unspecified atom stereocenters. The first-order valence-electron chi connectivity index (χ1n) is 11.4. The smallest absolute Gasteiger partial charge is 0.251 e. The summed E-state index contributed by atoms with van der Waals surface area (Å²) in [5.74, 6) is 0.487. The van der Waals surface area contributed by atoms with Gasteiger partial charge in [0.1, 0.15) is 0 Å². The first-order valence-corrected chi connectivity index (χ1v) is 12.3. The van der Waals surface area contributed by atoms with Gasteiger partial charge >= 0.3 is 0 Å². The van der Waals surface area contributed by atoms with Crippen molar-refractivity contribution in [1.29, 1.82) is 0 Å². The fourth-order valence-electron chi connectivity index (χ4n) is 4.73. The molecule has 5 heterocycles. The number of rotatable bonds is 7. The summed E-state index contributed by atoms with van der Waals surface area (Å²) in [5, 5.41) is 13.3. The number of pyridine rings is 1. The average molecular weight is 461 g/mol. The largest absolute Gasteiger partial charge is 0.350 e. The summed E-state index contributed by atoms with van der Waals surface area (Å²) < 4.78 is 1.74. The molecule has 4 aromatic rings. The Labute approximate surface area is 197 Å². The number of nitrogens with zero attached hydrogens (tertiary/aromatic N) is 4.